The molecule has 3 aromatic rings. The van der Waals surface area contributed by atoms with E-state index in [2.05, 4.69) is 21.1 Å². The monoisotopic (exact) mass is 333 g/mol. The largest absolute Gasteiger partial charge is 0.466 e. The van der Waals surface area contributed by atoms with Crippen molar-refractivity contribution in [3.63, 3.8) is 0 Å². The van der Waals surface area contributed by atoms with Gasteiger partial charge in [0.1, 0.15) is 5.69 Å². The molecule has 0 fully saturated rings. The standard InChI is InChI=1S/C15H12BrNO3/c1-2-19-14(18)8-12-15-10-6-4-3-5-9(10)11(16)7-13(15)20-17-12/h3-7H,2,8H2,1H3. The number of benzene rings is 2. The molecule has 0 aliphatic carbocycles. The van der Waals surface area contributed by atoms with Crippen LogP contribution in [0.5, 0.6) is 0 Å². The third-order valence-corrected chi connectivity index (χ3v) is 3.77. The summed E-state index contributed by atoms with van der Waals surface area (Å²) in [6, 6.07) is 9.81. The predicted octanol–water partition coefficient (Wildman–Crippen LogP) is 3.85. The van der Waals surface area contributed by atoms with Crippen molar-refractivity contribution in [1.29, 1.82) is 0 Å². The molecule has 0 bridgehead atoms. The minimum atomic E-state index is -0.297. The molecule has 0 saturated heterocycles. The van der Waals surface area contributed by atoms with Crippen LogP contribution < -0.4 is 0 Å². The van der Waals surface area contributed by atoms with Crippen LogP contribution in [0.4, 0.5) is 0 Å². The Balaban J connectivity index is 2.20. The highest BCUT2D eigenvalue weighted by Crippen LogP contribution is 2.33. The van der Waals surface area contributed by atoms with Gasteiger partial charge in [0.05, 0.1) is 18.4 Å². The SMILES string of the molecule is CCOC(=O)Cc1noc2cc(Br)c3ccccc3c12. The average Bonchev–Trinajstić information content (AvgIpc) is 2.82. The summed E-state index contributed by atoms with van der Waals surface area (Å²) in [6.45, 7) is 2.15. The summed E-state index contributed by atoms with van der Waals surface area (Å²) in [5.41, 5.74) is 1.28. The van der Waals surface area contributed by atoms with E-state index in [-0.39, 0.29) is 12.4 Å². The molecule has 0 aliphatic rings. The minimum absolute atomic E-state index is 0.118. The number of halogens is 1. The Labute approximate surface area is 123 Å². The summed E-state index contributed by atoms with van der Waals surface area (Å²) in [7, 11) is 0. The molecule has 0 aliphatic heterocycles. The van der Waals surface area contributed by atoms with Crippen LogP contribution in [0.2, 0.25) is 0 Å². The van der Waals surface area contributed by atoms with Crippen molar-refractivity contribution in [2.24, 2.45) is 0 Å². The van der Waals surface area contributed by atoms with E-state index < -0.39 is 0 Å². The number of aromatic nitrogens is 1. The van der Waals surface area contributed by atoms with Gasteiger partial charge < -0.3 is 9.26 Å². The van der Waals surface area contributed by atoms with Gasteiger partial charge in [-0.2, -0.15) is 0 Å². The smallest absolute Gasteiger partial charge is 0.312 e. The number of nitrogens with zero attached hydrogens (tertiary/aromatic N) is 1. The van der Waals surface area contributed by atoms with Crippen LogP contribution in [0.15, 0.2) is 39.3 Å². The first-order chi connectivity index (χ1) is 9.70. The van der Waals surface area contributed by atoms with E-state index in [1.54, 1.807) is 6.92 Å². The van der Waals surface area contributed by atoms with Gasteiger partial charge in [-0.05, 0) is 23.8 Å². The van der Waals surface area contributed by atoms with Crippen molar-refractivity contribution >= 4 is 43.6 Å². The van der Waals surface area contributed by atoms with Crippen molar-refractivity contribution < 1.29 is 14.1 Å². The fourth-order valence-corrected chi connectivity index (χ4v) is 2.85. The van der Waals surface area contributed by atoms with Crippen molar-refractivity contribution in [2.75, 3.05) is 6.61 Å². The maximum absolute atomic E-state index is 11.6. The zero-order chi connectivity index (χ0) is 14.1. The molecule has 1 aromatic heterocycles. The van der Waals surface area contributed by atoms with Gasteiger partial charge in [0.2, 0.25) is 0 Å². The van der Waals surface area contributed by atoms with Crippen molar-refractivity contribution in [2.45, 2.75) is 13.3 Å². The first-order valence-electron chi connectivity index (χ1n) is 6.32. The fourth-order valence-electron chi connectivity index (χ4n) is 2.30. The van der Waals surface area contributed by atoms with Crippen molar-refractivity contribution in [1.82, 2.24) is 5.16 Å². The summed E-state index contributed by atoms with van der Waals surface area (Å²) in [5.74, 6) is -0.297. The predicted molar refractivity (Wildman–Crippen MR) is 79.6 cm³/mol. The van der Waals surface area contributed by atoms with E-state index in [0.29, 0.717) is 17.9 Å². The number of rotatable bonds is 3. The number of esters is 1. The summed E-state index contributed by atoms with van der Waals surface area (Å²) >= 11 is 3.52. The third-order valence-electron chi connectivity index (χ3n) is 3.12. The zero-order valence-corrected chi connectivity index (χ0v) is 12.4. The number of carbonyl (C=O) groups excluding carboxylic acids is 1. The molecule has 3 rings (SSSR count). The number of hydrogen-bond donors (Lipinski definition) is 0. The average molecular weight is 334 g/mol. The van der Waals surface area contributed by atoms with Gasteiger partial charge in [0.25, 0.3) is 0 Å². The molecule has 0 unspecified atom stereocenters. The molecule has 1 heterocycles. The summed E-state index contributed by atoms with van der Waals surface area (Å²) in [5, 5.41) is 6.96. The van der Waals surface area contributed by atoms with Gasteiger partial charge in [-0.25, -0.2) is 0 Å². The van der Waals surface area contributed by atoms with Crippen LogP contribution in [-0.2, 0) is 16.0 Å². The lowest BCUT2D eigenvalue weighted by Gasteiger charge is -2.03. The second-order valence-electron chi connectivity index (χ2n) is 4.39. The normalized spacial score (nSPS) is 11.1. The molecule has 0 spiro atoms. The topological polar surface area (TPSA) is 52.3 Å². The van der Waals surface area contributed by atoms with E-state index in [4.69, 9.17) is 9.26 Å². The van der Waals surface area contributed by atoms with Crippen molar-refractivity contribution in [3.8, 4) is 0 Å². The number of hydrogen-bond acceptors (Lipinski definition) is 4. The molecular formula is C15H12BrNO3. The van der Waals surface area contributed by atoms with E-state index in [1.807, 2.05) is 30.3 Å². The third kappa shape index (κ3) is 2.18. The lowest BCUT2D eigenvalue weighted by molar-refractivity contribution is -0.142. The zero-order valence-electron chi connectivity index (χ0n) is 10.9. The van der Waals surface area contributed by atoms with Gasteiger partial charge in [0, 0.05) is 4.47 Å². The number of carbonyl (C=O) groups is 1. The Bertz CT molecular complexity index is 794. The second kappa shape index (κ2) is 5.25. The van der Waals surface area contributed by atoms with Crippen LogP contribution in [0.25, 0.3) is 21.7 Å². The Hall–Kier alpha value is -1.88. The molecule has 0 radical (unpaired) electrons. The maximum atomic E-state index is 11.6. The molecule has 0 saturated carbocycles. The molecule has 20 heavy (non-hydrogen) atoms. The molecular weight excluding hydrogens is 322 g/mol. The molecule has 102 valence electrons. The van der Waals surface area contributed by atoms with Gasteiger partial charge in [-0.3, -0.25) is 4.79 Å². The fraction of sp³-hybridized carbons (Fsp3) is 0.200. The van der Waals surface area contributed by atoms with E-state index in [0.717, 1.165) is 20.6 Å². The van der Waals surface area contributed by atoms with E-state index >= 15 is 0 Å². The van der Waals surface area contributed by atoms with Crippen molar-refractivity contribution in [3.05, 3.63) is 40.5 Å². The quantitative estimate of drug-likeness (QED) is 0.683. The maximum Gasteiger partial charge on any atom is 0.312 e. The summed E-state index contributed by atoms with van der Waals surface area (Å²) in [4.78, 5) is 11.6. The highest BCUT2D eigenvalue weighted by Gasteiger charge is 2.17. The Morgan fingerprint density at radius 1 is 1.35 bits per heavy atom. The van der Waals surface area contributed by atoms with Crippen LogP contribution >= 0.6 is 15.9 Å². The van der Waals surface area contributed by atoms with Gasteiger partial charge >= 0.3 is 5.97 Å². The Morgan fingerprint density at radius 2 is 2.10 bits per heavy atom. The molecule has 5 heteroatoms. The lowest BCUT2D eigenvalue weighted by atomic mass is 10.0. The second-order valence-corrected chi connectivity index (χ2v) is 5.24. The van der Waals surface area contributed by atoms with E-state index in [1.165, 1.54) is 0 Å². The highest BCUT2D eigenvalue weighted by atomic mass is 79.9. The Morgan fingerprint density at radius 3 is 2.85 bits per heavy atom. The molecule has 4 nitrogen and oxygen atoms in total. The molecule has 0 atom stereocenters. The minimum Gasteiger partial charge on any atom is -0.466 e. The molecule has 0 N–H and O–H groups in total. The van der Waals surface area contributed by atoms with Crippen LogP contribution in [0.3, 0.4) is 0 Å². The van der Waals surface area contributed by atoms with Crippen LogP contribution in [0.1, 0.15) is 12.6 Å². The first-order valence-corrected chi connectivity index (χ1v) is 7.11. The van der Waals surface area contributed by atoms with Crippen LogP contribution in [0, 0.1) is 0 Å². The molecule has 2 aromatic carbocycles. The van der Waals surface area contributed by atoms with Gasteiger partial charge in [-0.1, -0.05) is 45.4 Å². The first kappa shape index (κ1) is 13.1. The Kier molecular flexibility index (Phi) is 3.44. The lowest BCUT2D eigenvalue weighted by Crippen LogP contribution is -2.07. The highest BCUT2D eigenvalue weighted by molar-refractivity contribution is 9.10. The summed E-state index contributed by atoms with van der Waals surface area (Å²) < 4.78 is 11.2. The van der Waals surface area contributed by atoms with Gasteiger partial charge in [0.15, 0.2) is 5.58 Å². The molecule has 0 amide bonds. The number of ether oxygens (including phenoxy) is 1. The van der Waals surface area contributed by atoms with Gasteiger partial charge in [-0.15, -0.1) is 0 Å². The van der Waals surface area contributed by atoms with E-state index in [9.17, 15) is 4.79 Å². The summed E-state index contributed by atoms with van der Waals surface area (Å²) in [6.07, 6.45) is 0.118. The number of fused-ring (bicyclic) bond motifs is 3. The van der Waals surface area contributed by atoms with Crippen LogP contribution in [-0.4, -0.2) is 17.7 Å².